The first-order chi connectivity index (χ1) is 10.6. The molecule has 2 aromatic rings. The third kappa shape index (κ3) is 3.85. The van der Waals surface area contributed by atoms with Crippen molar-refractivity contribution in [2.45, 2.75) is 13.8 Å². The van der Waals surface area contributed by atoms with Gasteiger partial charge in [0, 0.05) is 5.56 Å². The Morgan fingerprint density at radius 2 is 1.59 bits per heavy atom. The number of hydrogen-bond acceptors (Lipinski definition) is 3. The van der Waals surface area contributed by atoms with E-state index in [0.717, 1.165) is 5.56 Å². The van der Waals surface area contributed by atoms with E-state index < -0.39 is 5.91 Å². The zero-order valence-electron chi connectivity index (χ0n) is 12.6. The molecule has 0 atom stereocenters. The van der Waals surface area contributed by atoms with Crippen molar-refractivity contribution in [2.24, 2.45) is 0 Å². The number of para-hydroxylation sites is 1. The molecule has 0 radical (unpaired) electrons. The molecule has 0 aliphatic heterocycles. The summed E-state index contributed by atoms with van der Waals surface area (Å²) in [6.07, 6.45) is 0. The minimum Gasteiger partial charge on any atom is -0.493 e. The van der Waals surface area contributed by atoms with Gasteiger partial charge in [0.1, 0.15) is 5.75 Å². The van der Waals surface area contributed by atoms with Gasteiger partial charge in [-0.05, 0) is 38.1 Å². The van der Waals surface area contributed by atoms with Crippen molar-refractivity contribution in [2.75, 3.05) is 6.61 Å². The van der Waals surface area contributed by atoms with Crippen molar-refractivity contribution < 1.29 is 14.3 Å². The normalized spacial score (nSPS) is 9.91. The third-order valence-electron chi connectivity index (χ3n) is 3.03. The molecule has 5 heteroatoms. The number of nitrogens with one attached hydrogen (secondary N) is 2. The lowest BCUT2D eigenvalue weighted by Gasteiger charge is -2.11. The fraction of sp³-hybridized carbons (Fsp3) is 0.176. The van der Waals surface area contributed by atoms with Gasteiger partial charge in [-0.3, -0.25) is 20.4 Å². The first kappa shape index (κ1) is 15.6. The van der Waals surface area contributed by atoms with Gasteiger partial charge in [-0.1, -0.05) is 29.8 Å². The van der Waals surface area contributed by atoms with Crippen LogP contribution in [0, 0.1) is 6.92 Å². The molecule has 2 amide bonds. The zero-order valence-corrected chi connectivity index (χ0v) is 12.6. The van der Waals surface area contributed by atoms with Crippen molar-refractivity contribution in [3.05, 3.63) is 65.2 Å². The van der Waals surface area contributed by atoms with Crippen molar-refractivity contribution >= 4 is 11.8 Å². The van der Waals surface area contributed by atoms with Crippen LogP contribution >= 0.6 is 0 Å². The average molecular weight is 298 g/mol. The summed E-state index contributed by atoms with van der Waals surface area (Å²) in [7, 11) is 0. The predicted molar refractivity (Wildman–Crippen MR) is 83.7 cm³/mol. The standard InChI is InChI=1S/C17H18N2O3/c1-3-22-15-7-5-4-6-14(15)17(21)19-18-16(20)13-10-8-12(2)9-11-13/h4-11H,3H2,1-2H3,(H,18,20)(H,19,21). The lowest BCUT2D eigenvalue weighted by atomic mass is 10.1. The first-order valence-electron chi connectivity index (χ1n) is 7.01. The van der Waals surface area contributed by atoms with Crippen LogP contribution in [0.1, 0.15) is 33.2 Å². The van der Waals surface area contributed by atoms with Crippen LogP contribution in [0.4, 0.5) is 0 Å². The Balaban J connectivity index is 2.01. The van der Waals surface area contributed by atoms with Gasteiger partial charge < -0.3 is 4.74 Å². The molecular formula is C17H18N2O3. The number of carbonyl (C=O) groups is 2. The van der Waals surface area contributed by atoms with Gasteiger partial charge in [-0.25, -0.2) is 0 Å². The van der Waals surface area contributed by atoms with E-state index in [-0.39, 0.29) is 5.91 Å². The minimum absolute atomic E-state index is 0.369. The van der Waals surface area contributed by atoms with Crippen LogP contribution in [-0.4, -0.2) is 18.4 Å². The molecule has 0 bridgehead atoms. The molecule has 0 saturated heterocycles. The highest BCUT2D eigenvalue weighted by atomic mass is 16.5. The summed E-state index contributed by atoms with van der Waals surface area (Å²) in [5.74, 6) is -0.321. The number of carbonyl (C=O) groups excluding carboxylic acids is 2. The Labute approximate surface area is 129 Å². The predicted octanol–water partition coefficient (Wildman–Crippen LogP) is 2.47. The van der Waals surface area contributed by atoms with Crippen LogP contribution in [0.25, 0.3) is 0 Å². The molecule has 0 unspecified atom stereocenters. The van der Waals surface area contributed by atoms with Crippen molar-refractivity contribution in [1.29, 1.82) is 0 Å². The highest BCUT2D eigenvalue weighted by Crippen LogP contribution is 2.17. The molecule has 2 N–H and O–H groups in total. The van der Waals surface area contributed by atoms with Gasteiger partial charge in [-0.15, -0.1) is 0 Å². The van der Waals surface area contributed by atoms with Crippen LogP contribution in [0.5, 0.6) is 5.75 Å². The van der Waals surface area contributed by atoms with E-state index in [1.54, 1.807) is 36.4 Å². The molecular weight excluding hydrogens is 280 g/mol. The number of hydrogen-bond donors (Lipinski definition) is 2. The summed E-state index contributed by atoms with van der Waals surface area (Å²) < 4.78 is 5.39. The van der Waals surface area contributed by atoms with Crippen LogP contribution in [0.2, 0.25) is 0 Å². The van der Waals surface area contributed by atoms with Gasteiger partial charge >= 0.3 is 0 Å². The SMILES string of the molecule is CCOc1ccccc1C(=O)NNC(=O)c1ccc(C)cc1. The van der Waals surface area contributed by atoms with Gasteiger partial charge in [0.2, 0.25) is 0 Å². The second-order valence-corrected chi connectivity index (χ2v) is 4.70. The molecule has 0 aromatic heterocycles. The average Bonchev–Trinajstić information content (AvgIpc) is 2.54. The number of rotatable bonds is 4. The molecule has 0 heterocycles. The Morgan fingerprint density at radius 3 is 2.27 bits per heavy atom. The Kier molecular flexibility index (Phi) is 5.14. The first-order valence-corrected chi connectivity index (χ1v) is 7.01. The van der Waals surface area contributed by atoms with Crippen LogP contribution in [0.15, 0.2) is 48.5 Å². The van der Waals surface area contributed by atoms with Gasteiger partial charge in [0.05, 0.1) is 12.2 Å². The quantitative estimate of drug-likeness (QED) is 0.852. The highest BCUT2D eigenvalue weighted by Gasteiger charge is 2.13. The van der Waals surface area contributed by atoms with E-state index in [4.69, 9.17) is 4.74 Å². The summed E-state index contributed by atoms with van der Waals surface area (Å²) in [5, 5.41) is 0. The van der Waals surface area contributed by atoms with E-state index in [1.165, 1.54) is 0 Å². The summed E-state index contributed by atoms with van der Waals surface area (Å²) in [5.41, 5.74) is 6.69. The second kappa shape index (κ2) is 7.26. The molecule has 0 aliphatic rings. The lowest BCUT2D eigenvalue weighted by Crippen LogP contribution is -2.41. The van der Waals surface area contributed by atoms with Crippen LogP contribution in [0.3, 0.4) is 0 Å². The fourth-order valence-corrected chi connectivity index (χ4v) is 1.89. The summed E-state index contributed by atoms with van der Waals surface area (Å²) in [6.45, 7) is 4.24. The molecule has 22 heavy (non-hydrogen) atoms. The Hall–Kier alpha value is -2.82. The van der Waals surface area contributed by atoms with Crippen LogP contribution in [-0.2, 0) is 0 Å². The zero-order chi connectivity index (χ0) is 15.9. The topological polar surface area (TPSA) is 67.4 Å². The van der Waals surface area contributed by atoms with E-state index >= 15 is 0 Å². The molecule has 0 saturated carbocycles. The van der Waals surface area contributed by atoms with Crippen molar-refractivity contribution in [3.8, 4) is 5.75 Å². The summed E-state index contributed by atoms with van der Waals surface area (Å²) in [6, 6.07) is 13.9. The maximum Gasteiger partial charge on any atom is 0.273 e. The molecule has 0 aliphatic carbocycles. The van der Waals surface area contributed by atoms with Gasteiger partial charge in [0.15, 0.2) is 0 Å². The van der Waals surface area contributed by atoms with E-state index in [0.29, 0.717) is 23.5 Å². The maximum atomic E-state index is 12.1. The van der Waals surface area contributed by atoms with Crippen molar-refractivity contribution in [1.82, 2.24) is 10.9 Å². The smallest absolute Gasteiger partial charge is 0.273 e. The maximum absolute atomic E-state index is 12.1. The van der Waals surface area contributed by atoms with E-state index in [1.807, 2.05) is 26.0 Å². The number of ether oxygens (including phenoxy) is 1. The Morgan fingerprint density at radius 1 is 0.955 bits per heavy atom. The molecule has 2 aromatic carbocycles. The molecule has 0 spiro atoms. The fourth-order valence-electron chi connectivity index (χ4n) is 1.89. The number of aryl methyl sites for hydroxylation is 1. The Bertz CT molecular complexity index is 666. The molecule has 0 fully saturated rings. The largest absolute Gasteiger partial charge is 0.493 e. The molecule has 114 valence electrons. The molecule has 2 rings (SSSR count). The lowest BCUT2D eigenvalue weighted by molar-refractivity contribution is 0.0844. The number of benzene rings is 2. The van der Waals surface area contributed by atoms with Crippen LogP contribution < -0.4 is 15.6 Å². The van der Waals surface area contributed by atoms with E-state index in [2.05, 4.69) is 10.9 Å². The monoisotopic (exact) mass is 298 g/mol. The number of amides is 2. The summed E-state index contributed by atoms with van der Waals surface area (Å²) >= 11 is 0. The number of hydrazine groups is 1. The van der Waals surface area contributed by atoms with Crippen molar-refractivity contribution in [3.63, 3.8) is 0 Å². The highest BCUT2D eigenvalue weighted by molar-refractivity contribution is 6.00. The van der Waals surface area contributed by atoms with Gasteiger partial charge in [-0.2, -0.15) is 0 Å². The third-order valence-corrected chi connectivity index (χ3v) is 3.03. The van der Waals surface area contributed by atoms with Gasteiger partial charge in [0.25, 0.3) is 11.8 Å². The molecule has 5 nitrogen and oxygen atoms in total. The minimum atomic E-state index is -0.426. The summed E-state index contributed by atoms with van der Waals surface area (Å²) in [4.78, 5) is 24.1. The van der Waals surface area contributed by atoms with E-state index in [9.17, 15) is 9.59 Å². The second-order valence-electron chi connectivity index (χ2n) is 4.70.